The highest BCUT2D eigenvalue weighted by Gasteiger charge is 2.17. The molecule has 0 unspecified atom stereocenters. The van der Waals surface area contributed by atoms with Gasteiger partial charge >= 0.3 is 0 Å². The molecule has 4 rings (SSSR count). The van der Waals surface area contributed by atoms with Crippen molar-refractivity contribution in [2.75, 3.05) is 38.1 Å². The fourth-order valence-corrected chi connectivity index (χ4v) is 3.57. The van der Waals surface area contributed by atoms with Crippen LogP contribution in [0.3, 0.4) is 0 Å². The van der Waals surface area contributed by atoms with Crippen molar-refractivity contribution < 1.29 is 0 Å². The van der Waals surface area contributed by atoms with Crippen LogP contribution in [0.5, 0.6) is 0 Å². The second-order valence-electron chi connectivity index (χ2n) is 6.70. The Hall–Kier alpha value is -2.10. The Balaban J connectivity index is 1.82. The van der Waals surface area contributed by atoms with Crippen LogP contribution in [0.2, 0.25) is 5.02 Å². The van der Waals surface area contributed by atoms with Crippen LogP contribution in [0.25, 0.3) is 22.0 Å². The number of hydrogen-bond acceptors (Lipinski definition) is 3. The molecule has 1 aliphatic rings. The summed E-state index contributed by atoms with van der Waals surface area (Å²) in [7, 11) is 2.19. The van der Waals surface area contributed by atoms with Gasteiger partial charge in [-0.2, -0.15) is 0 Å². The van der Waals surface area contributed by atoms with Gasteiger partial charge in [-0.15, -0.1) is 0 Å². The van der Waals surface area contributed by atoms with Crippen molar-refractivity contribution in [3.8, 4) is 11.3 Å². The Morgan fingerprint density at radius 3 is 2.56 bits per heavy atom. The number of hydrogen-bond donors (Lipinski definition) is 0. The molecule has 0 radical (unpaired) electrons. The van der Waals surface area contributed by atoms with Gasteiger partial charge < -0.3 is 9.80 Å². The maximum Gasteiger partial charge on any atom is 0.137 e. The van der Waals surface area contributed by atoms with E-state index in [1.165, 1.54) is 10.8 Å². The van der Waals surface area contributed by atoms with E-state index in [4.69, 9.17) is 16.6 Å². The summed E-state index contributed by atoms with van der Waals surface area (Å²) in [5, 5.41) is 3.21. The van der Waals surface area contributed by atoms with Crippen LogP contribution < -0.4 is 4.90 Å². The summed E-state index contributed by atoms with van der Waals surface area (Å²) in [6.45, 7) is 4.27. The number of nitrogens with zero attached hydrogens (tertiary/aromatic N) is 3. The van der Waals surface area contributed by atoms with E-state index in [1.54, 1.807) is 0 Å². The molecule has 1 fully saturated rings. The Bertz CT molecular complexity index is 876. The van der Waals surface area contributed by atoms with Crippen molar-refractivity contribution >= 4 is 28.2 Å². The van der Waals surface area contributed by atoms with Crippen LogP contribution in [0.15, 0.2) is 54.6 Å². The lowest BCUT2D eigenvalue weighted by atomic mass is 10.1. The molecule has 3 aromatic rings. The van der Waals surface area contributed by atoms with Gasteiger partial charge in [0.15, 0.2) is 0 Å². The van der Waals surface area contributed by atoms with Crippen LogP contribution in [-0.4, -0.2) is 43.1 Å². The number of rotatable bonds is 2. The summed E-state index contributed by atoms with van der Waals surface area (Å²) in [5.41, 5.74) is 2.10. The molecule has 3 nitrogen and oxygen atoms in total. The highest BCUT2D eigenvalue weighted by molar-refractivity contribution is 6.30. The second-order valence-corrected chi connectivity index (χ2v) is 7.14. The van der Waals surface area contributed by atoms with Crippen molar-refractivity contribution in [3.63, 3.8) is 0 Å². The van der Waals surface area contributed by atoms with E-state index >= 15 is 0 Å². The zero-order chi connectivity index (χ0) is 17.2. The lowest BCUT2D eigenvalue weighted by molar-refractivity contribution is 0.360. The third-order valence-corrected chi connectivity index (χ3v) is 5.13. The van der Waals surface area contributed by atoms with Gasteiger partial charge in [0.05, 0.1) is 5.69 Å². The van der Waals surface area contributed by atoms with E-state index in [9.17, 15) is 0 Å². The molecule has 0 bridgehead atoms. The van der Waals surface area contributed by atoms with Crippen LogP contribution in [-0.2, 0) is 0 Å². The lowest BCUT2D eigenvalue weighted by Gasteiger charge is -2.24. The SMILES string of the molecule is CN1CCCN(c2nc(-c3ccc(Cl)cc3)cc3ccccc23)CC1. The molecule has 0 amide bonds. The molecule has 0 aliphatic carbocycles. The van der Waals surface area contributed by atoms with Crippen molar-refractivity contribution in [1.29, 1.82) is 0 Å². The van der Waals surface area contributed by atoms with Crippen molar-refractivity contribution in [2.24, 2.45) is 0 Å². The topological polar surface area (TPSA) is 19.4 Å². The molecule has 0 spiro atoms. The molecule has 0 atom stereocenters. The fraction of sp³-hybridized carbons (Fsp3) is 0.286. The zero-order valence-electron chi connectivity index (χ0n) is 14.5. The van der Waals surface area contributed by atoms with Crippen LogP contribution in [0, 0.1) is 0 Å². The molecule has 1 saturated heterocycles. The summed E-state index contributed by atoms with van der Waals surface area (Å²) >= 11 is 6.05. The van der Waals surface area contributed by atoms with Crippen LogP contribution in [0.4, 0.5) is 5.82 Å². The third-order valence-electron chi connectivity index (χ3n) is 4.88. The standard InChI is InChI=1S/C21H22ClN3/c1-24-11-4-12-25(14-13-24)21-19-6-3-2-5-17(19)15-20(23-21)16-7-9-18(22)10-8-16/h2-3,5-10,15H,4,11-14H2,1H3. The highest BCUT2D eigenvalue weighted by atomic mass is 35.5. The number of pyridine rings is 1. The third kappa shape index (κ3) is 3.48. The smallest absolute Gasteiger partial charge is 0.137 e. The first-order valence-electron chi connectivity index (χ1n) is 8.80. The first-order valence-corrected chi connectivity index (χ1v) is 9.18. The maximum atomic E-state index is 6.05. The summed E-state index contributed by atoms with van der Waals surface area (Å²) < 4.78 is 0. The van der Waals surface area contributed by atoms with Gasteiger partial charge in [-0.25, -0.2) is 4.98 Å². The largest absolute Gasteiger partial charge is 0.355 e. The molecular formula is C21H22ClN3. The van der Waals surface area contributed by atoms with Gasteiger partial charge in [-0.05, 0) is 43.6 Å². The molecule has 1 aromatic heterocycles. The molecule has 2 heterocycles. The van der Waals surface area contributed by atoms with Crippen LogP contribution >= 0.6 is 11.6 Å². The van der Waals surface area contributed by atoms with Crippen molar-refractivity contribution in [2.45, 2.75) is 6.42 Å². The van der Waals surface area contributed by atoms with Gasteiger partial charge in [0.2, 0.25) is 0 Å². The van der Waals surface area contributed by atoms with E-state index in [-0.39, 0.29) is 0 Å². The van der Waals surface area contributed by atoms with Gasteiger partial charge in [0, 0.05) is 35.6 Å². The normalized spacial score (nSPS) is 16.2. The minimum Gasteiger partial charge on any atom is -0.355 e. The van der Waals surface area contributed by atoms with Gasteiger partial charge in [0.1, 0.15) is 5.82 Å². The number of likely N-dealkylation sites (N-methyl/N-ethyl adjacent to an activating group) is 1. The number of benzene rings is 2. The Morgan fingerprint density at radius 2 is 1.72 bits per heavy atom. The molecule has 1 aliphatic heterocycles. The predicted molar refractivity (Wildman–Crippen MR) is 107 cm³/mol. The van der Waals surface area contributed by atoms with Crippen molar-refractivity contribution in [3.05, 3.63) is 59.6 Å². The second kappa shape index (κ2) is 7.03. The Labute approximate surface area is 153 Å². The van der Waals surface area contributed by atoms with E-state index in [1.807, 2.05) is 24.3 Å². The molecular weight excluding hydrogens is 330 g/mol. The number of fused-ring (bicyclic) bond motifs is 1. The molecule has 0 saturated carbocycles. The Kier molecular flexibility index (Phi) is 4.60. The minimum atomic E-state index is 0.750. The quantitative estimate of drug-likeness (QED) is 0.667. The predicted octanol–water partition coefficient (Wildman–Crippen LogP) is 4.70. The zero-order valence-corrected chi connectivity index (χ0v) is 15.2. The molecule has 0 N–H and O–H groups in total. The van der Waals surface area contributed by atoms with Gasteiger partial charge in [-0.3, -0.25) is 0 Å². The average molecular weight is 352 g/mol. The lowest BCUT2D eigenvalue weighted by Crippen LogP contribution is -2.29. The van der Waals surface area contributed by atoms with Gasteiger partial charge in [0.25, 0.3) is 0 Å². The number of halogens is 1. The van der Waals surface area contributed by atoms with E-state index in [0.29, 0.717) is 0 Å². The molecule has 25 heavy (non-hydrogen) atoms. The summed E-state index contributed by atoms with van der Waals surface area (Å²) in [4.78, 5) is 9.89. The molecule has 2 aromatic carbocycles. The fourth-order valence-electron chi connectivity index (χ4n) is 3.45. The molecule has 128 valence electrons. The minimum absolute atomic E-state index is 0.750. The van der Waals surface area contributed by atoms with E-state index in [0.717, 1.165) is 54.7 Å². The maximum absolute atomic E-state index is 6.05. The summed E-state index contributed by atoms with van der Waals surface area (Å²) in [6.07, 6.45) is 1.16. The average Bonchev–Trinajstić information content (AvgIpc) is 2.86. The first kappa shape index (κ1) is 16.4. The van der Waals surface area contributed by atoms with Gasteiger partial charge in [-0.1, -0.05) is 48.0 Å². The first-order chi connectivity index (χ1) is 12.2. The van der Waals surface area contributed by atoms with Crippen LogP contribution in [0.1, 0.15) is 6.42 Å². The highest BCUT2D eigenvalue weighted by Crippen LogP contribution is 2.31. The number of aromatic nitrogens is 1. The van der Waals surface area contributed by atoms with E-state index < -0.39 is 0 Å². The summed E-state index contributed by atoms with van der Waals surface area (Å²) in [5.74, 6) is 1.10. The van der Waals surface area contributed by atoms with E-state index in [2.05, 4.69) is 47.2 Å². The monoisotopic (exact) mass is 351 g/mol. The summed E-state index contributed by atoms with van der Waals surface area (Å²) in [6, 6.07) is 18.6. The van der Waals surface area contributed by atoms with Crippen molar-refractivity contribution in [1.82, 2.24) is 9.88 Å². The Morgan fingerprint density at radius 1 is 0.920 bits per heavy atom. The molecule has 4 heteroatoms. The number of anilines is 1.